The average Bonchev–Trinajstić information content (AvgIpc) is 2.73. The van der Waals surface area contributed by atoms with Crippen molar-refractivity contribution in [1.82, 2.24) is 9.78 Å². The number of rotatable bonds is 7. The molecule has 0 saturated heterocycles. The first-order valence-electron chi connectivity index (χ1n) is 6.58. The monoisotopic (exact) mass is 317 g/mol. The molecular weight excluding hydrogens is 294 g/mol. The van der Waals surface area contributed by atoms with Crippen molar-refractivity contribution in [2.75, 3.05) is 7.11 Å². The van der Waals surface area contributed by atoms with Gasteiger partial charge in [-0.05, 0) is 35.2 Å². The number of hydrogen-bond acceptors (Lipinski definition) is 3. The van der Waals surface area contributed by atoms with Gasteiger partial charge in [-0.15, -0.1) is 0 Å². The Morgan fingerprint density at radius 2 is 2.06 bits per heavy atom. The van der Waals surface area contributed by atoms with Gasteiger partial charge in [0.05, 0.1) is 28.0 Å². The lowest BCUT2D eigenvalue weighted by atomic mass is 9.86. The van der Waals surface area contributed by atoms with Crippen LogP contribution in [0, 0.1) is 0 Å². The predicted molar refractivity (Wildman–Crippen MR) is 77.5 cm³/mol. The Morgan fingerprint density at radius 1 is 1.44 bits per heavy atom. The Labute approximate surface area is 118 Å². The largest absolute Gasteiger partial charge is 0.376 e. The van der Waals surface area contributed by atoms with E-state index in [0.717, 1.165) is 36.0 Å². The summed E-state index contributed by atoms with van der Waals surface area (Å²) in [4.78, 5) is 0. The topological polar surface area (TPSA) is 53.1 Å². The van der Waals surface area contributed by atoms with Gasteiger partial charge >= 0.3 is 0 Å². The summed E-state index contributed by atoms with van der Waals surface area (Å²) in [5, 5.41) is 4.38. The molecule has 0 fully saturated rings. The summed E-state index contributed by atoms with van der Waals surface area (Å²) in [5.74, 6) is 0. The van der Waals surface area contributed by atoms with Crippen molar-refractivity contribution in [3.05, 3.63) is 16.4 Å². The Kier molecular flexibility index (Phi) is 5.82. The lowest BCUT2D eigenvalue weighted by molar-refractivity contribution is -0.0406. The van der Waals surface area contributed by atoms with Gasteiger partial charge in [0.15, 0.2) is 0 Å². The van der Waals surface area contributed by atoms with E-state index in [1.165, 1.54) is 0 Å². The number of ether oxygens (including phenoxy) is 1. The van der Waals surface area contributed by atoms with Crippen LogP contribution in [-0.2, 0) is 11.3 Å². The molecule has 1 heterocycles. The lowest BCUT2D eigenvalue weighted by Gasteiger charge is -2.36. The van der Waals surface area contributed by atoms with E-state index in [9.17, 15) is 0 Å². The lowest BCUT2D eigenvalue weighted by Crippen LogP contribution is -2.43. The van der Waals surface area contributed by atoms with Crippen molar-refractivity contribution < 1.29 is 4.74 Å². The van der Waals surface area contributed by atoms with Gasteiger partial charge in [0, 0.05) is 13.7 Å². The summed E-state index contributed by atoms with van der Waals surface area (Å²) in [6, 6.07) is -0.180. The molecule has 1 rings (SSSR count). The van der Waals surface area contributed by atoms with Crippen molar-refractivity contribution in [3.63, 3.8) is 0 Å². The number of hydrogen-bond donors (Lipinski definition) is 1. The Bertz CT molecular complexity index is 366. The van der Waals surface area contributed by atoms with E-state index in [4.69, 9.17) is 10.5 Å². The minimum absolute atomic E-state index is 0.180. The van der Waals surface area contributed by atoms with Crippen LogP contribution in [0.4, 0.5) is 0 Å². The first-order valence-corrected chi connectivity index (χ1v) is 7.37. The summed E-state index contributed by atoms with van der Waals surface area (Å²) in [6.45, 7) is 7.23. The Morgan fingerprint density at radius 3 is 2.50 bits per heavy atom. The highest BCUT2D eigenvalue weighted by Gasteiger charge is 2.37. The maximum atomic E-state index is 6.47. The van der Waals surface area contributed by atoms with Crippen LogP contribution in [0.25, 0.3) is 0 Å². The fourth-order valence-corrected chi connectivity index (χ4v) is 2.97. The molecule has 0 spiro atoms. The fourth-order valence-electron chi connectivity index (χ4n) is 2.43. The minimum Gasteiger partial charge on any atom is -0.376 e. The number of methoxy groups -OCH3 is 1. The second kappa shape index (κ2) is 6.68. The molecule has 0 radical (unpaired) electrons. The molecule has 104 valence electrons. The maximum absolute atomic E-state index is 6.47. The number of nitrogens with two attached hydrogens (primary N) is 1. The molecule has 0 aromatic carbocycles. The minimum atomic E-state index is -0.325. The Hall–Kier alpha value is -0.390. The molecule has 5 heteroatoms. The zero-order chi connectivity index (χ0) is 13.8. The number of aryl methyl sites for hydroxylation is 1. The summed E-state index contributed by atoms with van der Waals surface area (Å²) in [5.41, 5.74) is 7.17. The Balaban J connectivity index is 3.15. The first kappa shape index (κ1) is 15.7. The average molecular weight is 318 g/mol. The van der Waals surface area contributed by atoms with Crippen molar-refractivity contribution >= 4 is 15.9 Å². The summed E-state index contributed by atoms with van der Waals surface area (Å²) in [6.07, 6.45) is 4.61. The van der Waals surface area contributed by atoms with Crippen molar-refractivity contribution in [2.24, 2.45) is 5.73 Å². The van der Waals surface area contributed by atoms with Gasteiger partial charge in [-0.2, -0.15) is 5.10 Å². The van der Waals surface area contributed by atoms with Gasteiger partial charge in [0.1, 0.15) is 0 Å². The van der Waals surface area contributed by atoms with Crippen molar-refractivity contribution in [2.45, 2.75) is 58.2 Å². The van der Waals surface area contributed by atoms with Crippen LogP contribution in [0.5, 0.6) is 0 Å². The van der Waals surface area contributed by atoms with E-state index >= 15 is 0 Å². The third-order valence-corrected chi connectivity index (χ3v) is 4.34. The highest BCUT2D eigenvalue weighted by Crippen LogP contribution is 2.36. The van der Waals surface area contributed by atoms with E-state index < -0.39 is 0 Å². The zero-order valence-electron chi connectivity index (χ0n) is 11.7. The molecule has 0 aliphatic rings. The second-order valence-corrected chi connectivity index (χ2v) is 5.41. The first-order chi connectivity index (χ1) is 8.56. The van der Waals surface area contributed by atoms with Crippen LogP contribution < -0.4 is 5.73 Å². The number of halogens is 1. The molecule has 0 bridgehead atoms. The van der Waals surface area contributed by atoms with Crippen LogP contribution >= 0.6 is 15.9 Å². The molecule has 4 nitrogen and oxygen atoms in total. The zero-order valence-corrected chi connectivity index (χ0v) is 13.3. The molecule has 0 aliphatic carbocycles. The van der Waals surface area contributed by atoms with Gasteiger partial charge < -0.3 is 10.5 Å². The van der Waals surface area contributed by atoms with Crippen molar-refractivity contribution in [1.29, 1.82) is 0 Å². The van der Waals surface area contributed by atoms with Crippen molar-refractivity contribution in [3.8, 4) is 0 Å². The van der Waals surface area contributed by atoms with Crippen LogP contribution in [-0.4, -0.2) is 22.5 Å². The molecule has 0 aliphatic heterocycles. The molecule has 1 atom stereocenters. The quantitative estimate of drug-likeness (QED) is 0.839. The van der Waals surface area contributed by atoms with E-state index in [0.29, 0.717) is 0 Å². The van der Waals surface area contributed by atoms with Crippen LogP contribution in [0.3, 0.4) is 0 Å². The number of nitrogens with zero attached hydrogens (tertiary/aromatic N) is 2. The molecular formula is C13H24BrN3O. The second-order valence-electron chi connectivity index (χ2n) is 4.55. The van der Waals surface area contributed by atoms with Gasteiger partial charge in [0.2, 0.25) is 0 Å². The van der Waals surface area contributed by atoms with Crippen LogP contribution in [0.2, 0.25) is 0 Å². The van der Waals surface area contributed by atoms with E-state index in [1.54, 1.807) is 7.11 Å². The standard InChI is InChI=1S/C13H24BrN3O/c1-5-8-17-11(10(14)9-16-17)12(15)13(6-2,7-3)18-4/h9,12H,5-8,15H2,1-4H3. The van der Waals surface area contributed by atoms with Gasteiger partial charge in [-0.3, -0.25) is 4.68 Å². The molecule has 2 N–H and O–H groups in total. The number of aromatic nitrogens is 2. The maximum Gasteiger partial charge on any atom is 0.0880 e. The van der Waals surface area contributed by atoms with Gasteiger partial charge in [-0.1, -0.05) is 20.8 Å². The molecule has 1 aromatic heterocycles. The van der Waals surface area contributed by atoms with Crippen LogP contribution in [0.1, 0.15) is 51.8 Å². The molecule has 18 heavy (non-hydrogen) atoms. The molecule has 1 aromatic rings. The highest BCUT2D eigenvalue weighted by molar-refractivity contribution is 9.10. The molecule has 1 unspecified atom stereocenters. The normalized spacial score (nSPS) is 13.9. The SMILES string of the molecule is CCCn1ncc(Br)c1C(N)C(CC)(CC)OC. The van der Waals surface area contributed by atoms with E-state index in [-0.39, 0.29) is 11.6 Å². The third-order valence-electron chi connectivity index (χ3n) is 3.73. The molecule has 0 saturated carbocycles. The van der Waals surface area contributed by atoms with Gasteiger partial charge in [0.25, 0.3) is 0 Å². The smallest absolute Gasteiger partial charge is 0.0880 e. The highest BCUT2D eigenvalue weighted by atomic mass is 79.9. The van der Waals surface area contributed by atoms with E-state index in [1.807, 2.05) is 10.9 Å². The predicted octanol–water partition coefficient (Wildman–Crippen LogP) is 3.26. The third kappa shape index (κ3) is 2.78. The fraction of sp³-hybridized carbons (Fsp3) is 0.769. The summed E-state index contributed by atoms with van der Waals surface area (Å²) < 4.78 is 8.67. The molecule has 0 amide bonds. The van der Waals surface area contributed by atoms with Crippen LogP contribution in [0.15, 0.2) is 10.7 Å². The summed E-state index contributed by atoms with van der Waals surface area (Å²) >= 11 is 3.55. The van der Waals surface area contributed by atoms with Gasteiger partial charge in [-0.25, -0.2) is 0 Å². The van der Waals surface area contributed by atoms with E-state index in [2.05, 4.69) is 41.8 Å². The summed E-state index contributed by atoms with van der Waals surface area (Å²) in [7, 11) is 1.74.